The van der Waals surface area contributed by atoms with E-state index < -0.39 is 5.41 Å². The maximum absolute atomic E-state index is 13.6. The third kappa shape index (κ3) is 2.58. The fourth-order valence-corrected chi connectivity index (χ4v) is 4.48. The first kappa shape index (κ1) is 16.1. The number of imide groups is 1. The molecule has 1 aliphatic heterocycles. The van der Waals surface area contributed by atoms with Crippen LogP contribution in [-0.4, -0.2) is 22.8 Å². The van der Waals surface area contributed by atoms with Crippen LogP contribution in [0.2, 0.25) is 0 Å². The second-order valence-corrected chi connectivity index (χ2v) is 7.17. The number of amides is 2. The summed E-state index contributed by atoms with van der Waals surface area (Å²) in [4.78, 5) is 28.2. The minimum Gasteiger partial charge on any atom is -0.278 e. The van der Waals surface area contributed by atoms with Gasteiger partial charge in [-0.3, -0.25) is 14.5 Å². The summed E-state index contributed by atoms with van der Waals surface area (Å²) in [6.07, 6.45) is 5.52. The number of likely N-dealkylation sites (tertiary alicyclic amines) is 1. The van der Waals surface area contributed by atoms with Gasteiger partial charge in [0.2, 0.25) is 11.8 Å². The molecule has 2 aromatic carbocycles. The Kier molecular flexibility index (Phi) is 4.16. The molecule has 1 saturated heterocycles. The van der Waals surface area contributed by atoms with Gasteiger partial charge in [0.1, 0.15) is 5.41 Å². The molecule has 0 atom stereocenters. The summed E-state index contributed by atoms with van der Waals surface area (Å²) in [6, 6.07) is 19.6. The Hall–Kier alpha value is -2.42. The van der Waals surface area contributed by atoms with Crippen LogP contribution in [0, 0.1) is 0 Å². The summed E-state index contributed by atoms with van der Waals surface area (Å²) in [7, 11) is 0. The highest BCUT2D eigenvalue weighted by molar-refractivity contribution is 6.11. The lowest BCUT2D eigenvalue weighted by molar-refractivity contribution is -0.142. The molecule has 2 aromatic rings. The molecule has 4 rings (SSSR count). The molecule has 3 heteroatoms. The van der Waals surface area contributed by atoms with Gasteiger partial charge >= 0.3 is 0 Å². The van der Waals surface area contributed by atoms with Crippen LogP contribution in [-0.2, 0) is 15.0 Å². The summed E-state index contributed by atoms with van der Waals surface area (Å²) in [5, 5.41) is 0. The predicted octanol–water partition coefficient (Wildman–Crippen LogP) is 4.06. The zero-order chi connectivity index (χ0) is 17.3. The van der Waals surface area contributed by atoms with E-state index >= 15 is 0 Å². The van der Waals surface area contributed by atoms with Crippen molar-refractivity contribution >= 4 is 11.8 Å². The maximum Gasteiger partial charge on any atom is 0.245 e. The van der Waals surface area contributed by atoms with Crippen LogP contribution in [0.15, 0.2) is 60.7 Å². The minimum absolute atomic E-state index is 0.0235. The smallest absolute Gasteiger partial charge is 0.245 e. The Balaban J connectivity index is 1.82. The van der Waals surface area contributed by atoms with Crippen molar-refractivity contribution in [2.24, 2.45) is 0 Å². The Labute approximate surface area is 148 Å². The van der Waals surface area contributed by atoms with Crippen LogP contribution in [0.5, 0.6) is 0 Å². The number of rotatable bonds is 3. The first-order chi connectivity index (χ1) is 12.2. The Morgan fingerprint density at radius 1 is 0.760 bits per heavy atom. The van der Waals surface area contributed by atoms with Crippen LogP contribution in [0.1, 0.15) is 49.7 Å². The van der Waals surface area contributed by atoms with Crippen molar-refractivity contribution < 1.29 is 9.59 Å². The fourth-order valence-electron chi connectivity index (χ4n) is 4.48. The lowest BCUT2D eigenvalue weighted by Crippen LogP contribution is -2.45. The average Bonchev–Trinajstić information content (AvgIpc) is 2.95. The van der Waals surface area contributed by atoms with Gasteiger partial charge in [-0.1, -0.05) is 79.9 Å². The van der Waals surface area contributed by atoms with Crippen molar-refractivity contribution in [3.8, 4) is 0 Å². The summed E-state index contributed by atoms with van der Waals surface area (Å²) in [5.41, 5.74) is 0.951. The number of hydrogen-bond acceptors (Lipinski definition) is 2. The zero-order valence-electron chi connectivity index (χ0n) is 14.4. The molecule has 2 fully saturated rings. The molecule has 1 saturated carbocycles. The van der Waals surface area contributed by atoms with Crippen molar-refractivity contribution in [1.29, 1.82) is 0 Å². The van der Waals surface area contributed by atoms with Gasteiger partial charge in [-0.15, -0.1) is 0 Å². The normalized spacial score (nSPS) is 20.9. The quantitative estimate of drug-likeness (QED) is 0.794. The summed E-state index contributed by atoms with van der Waals surface area (Å²) >= 11 is 0. The predicted molar refractivity (Wildman–Crippen MR) is 97.0 cm³/mol. The summed E-state index contributed by atoms with van der Waals surface area (Å²) < 4.78 is 0. The highest BCUT2D eigenvalue weighted by atomic mass is 16.2. The van der Waals surface area contributed by atoms with Gasteiger partial charge in [0.25, 0.3) is 0 Å². The molecule has 25 heavy (non-hydrogen) atoms. The molecule has 0 spiro atoms. The molecule has 1 aliphatic carbocycles. The summed E-state index contributed by atoms with van der Waals surface area (Å²) in [6.45, 7) is 0. The largest absolute Gasteiger partial charge is 0.278 e. The topological polar surface area (TPSA) is 37.4 Å². The van der Waals surface area contributed by atoms with Gasteiger partial charge in [-0.05, 0) is 24.0 Å². The molecule has 3 nitrogen and oxygen atoms in total. The number of nitrogens with zero attached hydrogens (tertiary/aromatic N) is 1. The lowest BCUT2D eigenvalue weighted by atomic mass is 9.73. The second-order valence-electron chi connectivity index (χ2n) is 7.17. The number of carbonyl (C=O) groups is 2. The molecule has 2 amide bonds. The van der Waals surface area contributed by atoms with Gasteiger partial charge in [0.05, 0.1) is 0 Å². The van der Waals surface area contributed by atoms with Crippen molar-refractivity contribution in [2.75, 3.05) is 0 Å². The van der Waals surface area contributed by atoms with E-state index in [0.717, 1.165) is 36.8 Å². The molecule has 0 unspecified atom stereocenters. The third-order valence-electron chi connectivity index (χ3n) is 5.74. The second kappa shape index (κ2) is 6.47. The number of carbonyl (C=O) groups excluding carboxylic acids is 2. The number of benzene rings is 2. The van der Waals surface area contributed by atoms with Crippen LogP contribution >= 0.6 is 0 Å². The Morgan fingerprint density at radius 3 is 1.80 bits per heavy atom. The zero-order valence-corrected chi connectivity index (χ0v) is 14.4. The third-order valence-corrected chi connectivity index (χ3v) is 5.74. The van der Waals surface area contributed by atoms with Crippen molar-refractivity contribution in [1.82, 2.24) is 4.90 Å². The van der Waals surface area contributed by atoms with Crippen molar-refractivity contribution in [3.05, 3.63) is 71.8 Å². The van der Waals surface area contributed by atoms with E-state index in [1.165, 1.54) is 6.42 Å². The van der Waals surface area contributed by atoms with E-state index in [4.69, 9.17) is 0 Å². The average molecular weight is 333 g/mol. The molecular formula is C22H23NO2. The fraction of sp³-hybridized carbons (Fsp3) is 0.364. The molecule has 128 valence electrons. The molecular weight excluding hydrogens is 310 g/mol. The molecule has 0 aromatic heterocycles. The van der Waals surface area contributed by atoms with Crippen LogP contribution in [0.3, 0.4) is 0 Å². The Morgan fingerprint density at radius 2 is 1.28 bits per heavy atom. The standard InChI is InChI=1S/C22H23NO2/c24-20-16-22(17-10-4-1-5-11-17,18-12-6-2-7-13-18)21(25)23(20)19-14-8-3-9-15-19/h1-2,4-7,10-13,19H,3,8-9,14-16H2. The van der Waals surface area contributed by atoms with E-state index in [0.29, 0.717) is 0 Å². The molecule has 0 bridgehead atoms. The molecule has 0 radical (unpaired) electrons. The van der Waals surface area contributed by atoms with Crippen molar-refractivity contribution in [2.45, 2.75) is 50.0 Å². The monoisotopic (exact) mass is 333 g/mol. The van der Waals surface area contributed by atoms with E-state index in [1.807, 2.05) is 60.7 Å². The Bertz CT molecular complexity index is 724. The van der Waals surface area contributed by atoms with Crippen LogP contribution in [0.4, 0.5) is 0 Å². The molecule has 1 heterocycles. The van der Waals surface area contributed by atoms with Gasteiger partial charge < -0.3 is 0 Å². The van der Waals surface area contributed by atoms with Crippen LogP contribution in [0.25, 0.3) is 0 Å². The minimum atomic E-state index is -0.878. The van der Waals surface area contributed by atoms with E-state index in [1.54, 1.807) is 4.90 Å². The van der Waals surface area contributed by atoms with Crippen LogP contribution < -0.4 is 0 Å². The molecule has 0 N–H and O–H groups in total. The maximum atomic E-state index is 13.6. The lowest BCUT2D eigenvalue weighted by Gasteiger charge is -2.33. The van der Waals surface area contributed by atoms with Gasteiger partial charge in [0.15, 0.2) is 0 Å². The van der Waals surface area contributed by atoms with E-state index in [9.17, 15) is 9.59 Å². The highest BCUT2D eigenvalue weighted by Gasteiger charge is 2.55. The van der Waals surface area contributed by atoms with Crippen molar-refractivity contribution in [3.63, 3.8) is 0 Å². The number of hydrogen-bond donors (Lipinski definition) is 0. The molecule has 2 aliphatic rings. The summed E-state index contributed by atoms with van der Waals surface area (Å²) in [5.74, 6) is -0.0635. The first-order valence-electron chi connectivity index (χ1n) is 9.21. The van der Waals surface area contributed by atoms with E-state index in [2.05, 4.69) is 0 Å². The van der Waals surface area contributed by atoms with E-state index in [-0.39, 0.29) is 24.3 Å². The van der Waals surface area contributed by atoms with Gasteiger partial charge in [-0.25, -0.2) is 0 Å². The first-order valence-corrected chi connectivity index (χ1v) is 9.21. The van der Waals surface area contributed by atoms with Gasteiger partial charge in [0, 0.05) is 12.5 Å². The SMILES string of the molecule is O=C1CC(c2ccccc2)(c2ccccc2)C(=O)N1C1CCCCC1. The highest BCUT2D eigenvalue weighted by Crippen LogP contribution is 2.44. The van der Waals surface area contributed by atoms with Gasteiger partial charge in [-0.2, -0.15) is 0 Å².